The van der Waals surface area contributed by atoms with Crippen molar-refractivity contribution in [2.75, 3.05) is 0 Å². The first-order valence-electron chi connectivity index (χ1n) is 6.97. The number of H-pyrrole nitrogens is 1. The molecule has 0 unspecified atom stereocenters. The lowest BCUT2D eigenvalue weighted by Gasteiger charge is -2.42. The zero-order valence-corrected chi connectivity index (χ0v) is 13.2. The number of hydrogen-bond donors (Lipinski definition) is 1. The molecule has 0 saturated heterocycles. The second kappa shape index (κ2) is 4.58. The number of hydrogen-bond acceptors (Lipinski definition) is 1. The first-order valence-corrected chi connectivity index (χ1v) is 8.05. The Hall–Kier alpha value is -1.36. The van der Waals surface area contributed by atoms with Crippen molar-refractivity contribution >= 4 is 33.5 Å². The lowest BCUT2D eigenvalue weighted by molar-refractivity contribution is 0.304. The molecule has 1 aromatic carbocycles. The Morgan fingerprint density at radius 1 is 1.10 bits per heavy atom. The molecular weight excluding hydrogens is 359 g/mol. The summed E-state index contributed by atoms with van der Waals surface area (Å²) >= 11 is 2.37. The predicted octanol–water partition coefficient (Wildman–Crippen LogP) is 4.64. The van der Waals surface area contributed by atoms with Crippen LogP contribution in [0, 0.1) is 3.57 Å². The van der Waals surface area contributed by atoms with Gasteiger partial charge in [-0.1, -0.05) is 18.6 Å². The molecule has 2 nitrogen and oxygen atoms in total. The van der Waals surface area contributed by atoms with E-state index in [1.165, 1.54) is 39.3 Å². The Labute approximate surface area is 131 Å². The number of aromatic amines is 1. The van der Waals surface area contributed by atoms with Crippen molar-refractivity contribution in [3.8, 4) is 0 Å². The summed E-state index contributed by atoms with van der Waals surface area (Å²) in [5, 5.41) is 1.32. The highest BCUT2D eigenvalue weighted by atomic mass is 127. The van der Waals surface area contributed by atoms with Crippen LogP contribution in [-0.4, -0.2) is 9.97 Å². The molecule has 0 amide bonds. The quantitative estimate of drug-likeness (QED) is 0.651. The molecule has 3 aromatic rings. The minimum atomic E-state index is 0.198. The average Bonchev–Trinajstić information content (AvgIpc) is 2.84. The van der Waals surface area contributed by atoms with Gasteiger partial charge in [-0.2, -0.15) is 0 Å². The second-order valence-electron chi connectivity index (χ2n) is 5.57. The zero-order valence-electron chi connectivity index (χ0n) is 11.1. The van der Waals surface area contributed by atoms with Gasteiger partial charge >= 0.3 is 0 Å². The third kappa shape index (κ3) is 1.72. The third-order valence-corrected chi connectivity index (χ3v) is 5.32. The van der Waals surface area contributed by atoms with E-state index in [1.54, 1.807) is 0 Å². The van der Waals surface area contributed by atoms with Gasteiger partial charge in [0.2, 0.25) is 0 Å². The Bertz CT molecular complexity index is 754. The molecule has 0 spiro atoms. The van der Waals surface area contributed by atoms with Gasteiger partial charge in [0.05, 0.1) is 11.7 Å². The predicted molar refractivity (Wildman–Crippen MR) is 89.9 cm³/mol. The van der Waals surface area contributed by atoms with Gasteiger partial charge in [-0.3, -0.25) is 4.98 Å². The van der Waals surface area contributed by atoms with E-state index < -0.39 is 0 Å². The van der Waals surface area contributed by atoms with E-state index >= 15 is 0 Å². The summed E-state index contributed by atoms with van der Waals surface area (Å²) in [6.45, 7) is 0. The molecule has 2 aromatic heterocycles. The molecule has 0 bridgehead atoms. The number of halogens is 1. The van der Waals surface area contributed by atoms with Crippen molar-refractivity contribution in [1.29, 1.82) is 0 Å². The summed E-state index contributed by atoms with van der Waals surface area (Å²) in [6.07, 6.45) is 9.78. The standard InChI is InChI=1S/C17H15IN2/c18-13-4-2-12(3-5-13)17(7-1-8-17)15-10-20-16-11-19-9-6-14(15)16/h2-6,9-11,20H,1,7-8H2. The number of benzene rings is 1. The van der Waals surface area contributed by atoms with Crippen LogP contribution in [0.4, 0.5) is 0 Å². The average molecular weight is 374 g/mol. The van der Waals surface area contributed by atoms with Gasteiger partial charge in [-0.05, 0) is 64.8 Å². The fraction of sp³-hybridized carbons (Fsp3) is 0.235. The summed E-state index contributed by atoms with van der Waals surface area (Å²) in [5.41, 5.74) is 4.22. The zero-order chi connectivity index (χ0) is 13.6. The van der Waals surface area contributed by atoms with E-state index in [1.807, 2.05) is 12.4 Å². The molecule has 0 aliphatic heterocycles. The van der Waals surface area contributed by atoms with Crippen molar-refractivity contribution in [2.24, 2.45) is 0 Å². The van der Waals surface area contributed by atoms with Gasteiger partial charge in [-0.15, -0.1) is 0 Å². The maximum atomic E-state index is 4.20. The van der Waals surface area contributed by atoms with Gasteiger partial charge in [0, 0.05) is 26.8 Å². The van der Waals surface area contributed by atoms with E-state index in [2.05, 4.69) is 69.1 Å². The fourth-order valence-electron chi connectivity index (χ4n) is 3.38. The van der Waals surface area contributed by atoms with Crippen LogP contribution < -0.4 is 0 Å². The summed E-state index contributed by atoms with van der Waals surface area (Å²) in [7, 11) is 0. The summed E-state index contributed by atoms with van der Waals surface area (Å²) in [6, 6.07) is 11.1. The van der Waals surface area contributed by atoms with Gasteiger partial charge < -0.3 is 4.98 Å². The first-order chi connectivity index (χ1) is 9.79. The Morgan fingerprint density at radius 3 is 2.60 bits per heavy atom. The van der Waals surface area contributed by atoms with Crippen molar-refractivity contribution in [3.63, 3.8) is 0 Å². The Kier molecular flexibility index (Phi) is 2.84. The molecule has 0 radical (unpaired) electrons. The Balaban J connectivity index is 1.91. The number of fused-ring (bicyclic) bond motifs is 1. The lowest BCUT2D eigenvalue weighted by atomic mass is 9.60. The van der Waals surface area contributed by atoms with Crippen LogP contribution in [0.25, 0.3) is 10.9 Å². The largest absolute Gasteiger partial charge is 0.360 e. The summed E-state index contributed by atoms with van der Waals surface area (Å²) in [4.78, 5) is 7.58. The maximum absolute atomic E-state index is 4.20. The maximum Gasteiger partial charge on any atom is 0.0643 e. The molecule has 2 heterocycles. The van der Waals surface area contributed by atoms with E-state index in [9.17, 15) is 0 Å². The molecule has 1 N–H and O–H groups in total. The van der Waals surface area contributed by atoms with E-state index in [0.717, 1.165) is 5.52 Å². The van der Waals surface area contributed by atoms with Gasteiger partial charge in [-0.25, -0.2) is 0 Å². The molecule has 1 saturated carbocycles. The third-order valence-electron chi connectivity index (χ3n) is 4.60. The summed E-state index contributed by atoms with van der Waals surface area (Å²) < 4.78 is 1.30. The molecule has 4 rings (SSSR count). The van der Waals surface area contributed by atoms with Crippen molar-refractivity contribution in [1.82, 2.24) is 9.97 Å². The van der Waals surface area contributed by atoms with Crippen LogP contribution in [-0.2, 0) is 5.41 Å². The number of rotatable bonds is 2. The number of pyridine rings is 1. The molecule has 100 valence electrons. The highest BCUT2D eigenvalue weighted by molar-refractivity contribution is 14.1. The Morgan fingerprint density at radius 2 is 1.90 bits per heavy atom. The number of nitrogens with one attached hydrogen (secondary N) is 1. The lowest BCUT2D eigenvalue weighted by Crippen LogP contribution is -2.35. The minimum absolute atomic E-state index is 0.198. The number of nitrogens with zero attached hydrogens (tertiary/aromatic N) is 1. The molecular formula is C17H15IN2. The smallest absolute Gasteiger partial charge is 0.0643 e. The van der Waals surface area contributed by atoms with Crippen LogP contribution in [0.3, 0.4) is 0 Å². The molecule has 0 atom stereocenters. The van der Waals surface area contributed by atoms with Crippen molar-refractivity contribution < 1.29 is 0 Å². The first kappa shape index (κ1) is 12.4. The SMILES string of the molecule is Ic1ccc(C2(c3c[nH]c4cnccc34)CCC2)cc1. The summed E-state index contributed by atoms with van der Waals surface area (Å²) in [5.74, 6) is 0. The van der Waals surface area contributed by atoms with Gasteiger partial charge in [0.25, 0.3) is 0 Å². The van der Waals surface area contributed by atoms with Crippen LogP contribution in [0.1, 0.15) is 30.4 Å². The second-order valence-corrected chi connectivity index (χ2v) is 6.81. The minimum Gasteiger partial charge on any atom is -0.360 e. The molecule has 3 heteroatoms. The topological polar surface area (TPSA) is 28.7 Å². The van der Waals surface area contributed by atoms with Crippen LogP contribution in [0.2, 0.25) is 0 Å². The number of aromatic nitrogens is 2. The molecule has 1 aliphatic carbocycles. The molecule has 1 fully saturated rings. The van der Waals surface area contributed by atoms with Crippen molar-refractivity contribution in [2.45, 2.75) is 24.7 Å². The molecule has 20 heavy (non-hydrogen) atoms. The van der Waals surface area contributed by atoms with Gasteiger partial charge in [0.1, 0.15) is 0 Å². The monoisotopic (exact) mass is 374 g/mol. The van der Waals surface area contributed by atoms with E-state index in [-0.39, 0.29) is 5.41 Å². The van der Waals surface area contributed by atoms with E-state index in [4.69, 9.17) is 0 Å². The fourth-order valence-corrected chi connectivity index (χ4v) is 3.74. The highest BCUT2D eigenvalue weighted by Gasteiger charge is 2.41. The van der Waals surface area contributed by atoms with Crippen molar-refractivity contribution in [3.05, 3.63) is 63.6 Å². The van der Waals surface area contributed by atoms with Crippen LogP contribution >= 0.6 is 22.6 Å². The van der Waals surface area contributed by atoms with Gasteiger partial charge in [0.15, 0.2) is 0 Å². The highest BCUT2D eigenvalue weighted by Crippen LogP contribution is 2.50. The van der Waals surface area contributed by atoms with Crippen LogP contribution in [0.5, 0.6) is 0 Å². The van der Waals surface area contributed by atoms with Crippen LogP contribution in [0.15, 0.2) is 48.9 Å². The molecule has 1 aliphatic rings. The van der Waals surface area contributed by atoms with E-state index in [0.29, 0.717) is 0 Å². The normalized spacial score (nSPS) is 17.1.